The van der Waals surface area contributed by atoms with Crippen molar-refractivity contribution in [2.24, 2.45) is 45.0 Å². The molecule has 652 valence electrons. The molecule has 2 N–H and O–H groups in total. The molecular formula is C98H98Cl2N20O6S2. The van der Waals surface area contributed by atoms with E-state index < -0.39 is 0 Å². The molecule has 12 aromatic rings. The van der Waals surface area contributed by atoms with Gasteiger partial charge in [0.2, 0.25) is 0 Å². The minimum absolute atomic E-state index is 0.0480. The van der Waals surface area contributed by atoms with Crippen molar-refractivity contribution < 1.29 is 27.9 Å². The van der Waals surface area contributed by atoms with E-state index in [4.69, 9.17) is 82.1 Å². The largest absolute Gasteiger partial charge is 0.490 e. The van der Waals surface area contributed by atoms with Crippen molar-refractivity contribution in [3.63, 3.8) is 0 Å². The van der Waals surface area contributed by atoms with E-state index in [2.05, 4.69) is 138 Å². The van der Waals surface area contributed by atoms with Crippen LogP contribution in [0.3, 0.4) is 0 Å². The van der Waals surface area contributed by atoms with Crippen LogP contribution >= 0.6 is 45.9 Å². The quantitative estimate of drug-likeness (QED) is 0.0636. The molecule has 26 nitrogen and oxygen atoms in total. The first kappa shape index (κ1) is 83.1. The Bertz CT molecular complexity index is 6350. The standard InChI is InChI=1S/C98H98Cl2N20O6S2/c1-52-54(3)127-96-88(52)90(107-81(43-86-103-32-35-123-86)92-115-109-56(5)119(92)96)61-11-7-59(8-12-61)74-39-65(74)37-58-38-66(51-117(50-58)84-29-27-79(111-113-84)94(121)105-68-17-23-70(24-18-68)125-72-21-15-63(48-101)77(99)40-72)83-47-98(31-34-118(83)85-30-28-80(112-114-85)95(122)106-69-19-25-71(26-20-69)126-73-22-16-64(49-102)78(100)41-73)45-67(46-98)76-42-75(76)60-9-13-62(14-10-60)91-89-53(2)55(4)128-97(89)120-57(6)110-116-93(120)82(108-91)44-87-104-33-36-124-87/h7-16,21-22,27-30,32-33,35-36,40-41,58,65-71,74-76,81-83H,17-20,23-26,31,34,37-39,42-47,50-51H2,1-6H3,(H,105,121)(H,106,122)/t58?,65?,66?,67?,68-,69-,70-,71-,74-,75+,76+,81+,82+,83?,98?/m1/s1. The van der Waals surface area contributed by atoms with E-state index in [9.17, 15) is 20.1 Å². The van der Waals surface area contributed by atoms with Crippen LogP contribution in [0.4, 0.5) is 11.6 Å². The Morgan fingerprint density at radius 3 is 1.54 bits per heavy atom. The van der Waals surface area contributed by atoms with Crippen molar-refractivity contribution in [1.29, 1.82) is 10.5 Å². The molecule has 30 heteroatoms. The molecule has 2 saturated heterocycles. The van der Waals surface area contributed by atoms with Gasteiger partial charge < -0.3 is 38.7 Å². The van der Waals surface area contributed by atoms with Crippen LogP contribution in [0.15, 0.2) is 153 Å². The SMILES string of the molecule is Cc1sc2c(c1C)C(c1ccc([C@H]3CC3CC3CC(C4CC5(CCN4c4ccc(C(=O)N[C@H]6CC[C@H](Oc7ccc(C#N)c(Cl)c7)CC6)nn4)CC([C@@H]4C[C@H]4c4ccc(C6=N[C@@H](Cc7ncco7)c7nnc(C)n7-c7sc(C)c(C)c76)cc4)C5)CN(c4ccc(C(=O)N[C@H]5CC[C@H](Oc6ccc(C#N)c(Cl)c6)CC5)nn4)C3)cc1)=N[C@@H](Cc1ncco1)c1nnc(C)n1-2. The van der Waals surface area contributed by atoms with E-state index in [-0.39, 0.29) is 82.9 Å². The summed E-state index contributed by atoms with van der Waals surface area (Å²) in [7, 11) is 0. The number of piperidine rings is 2. The Hall–Kier alpha value is -11.8. The van der Waals surface area contributed by atoms with E-state index in [1.54, 1.807) is 84.0 Å². The summed E-state index contributed by atoms with van der Waals surface area (Å²) >= 11 is 16.2. The number of nitrogens with one attached hydrogen (secondary N) is 2. The minimum Gasteiger partial charge on any atom is -0.490 e. The topological polar surface area (TPSA) is 320 Å². The normalized spacial score (nSPS) is 25.6. The maximum absolute atomic E-state index is 14.3. The highest BCUT2D eigenvalue weighted by molar-refractivity contribution is 7.15. The summed E-state index contributed by atoms with van der Waals surface area (Å²) in [5.74, 6) is 9.58. The van der Waals surface area contributed by atoms with Crippen molar-refractivity contribution in [2.45, 2.75) is 211 Å². The number of ether oxygens (including phenoxy) is 2. The zero-order valence-electron chi connectivity index (χ0n) is 72.2. The molecule has 9 atom stereocenters. The lowest BCUT2D eigenvalue weighted by Crippen LogP contribution is -2.58. The first-order valence-electron chi connectivity index (χ1n) is 45.0. The number of aliphatic imine (C=N–C) groups is 2. The number of fused-ring (bicyclic) bond motifs is 6. The van der Waals surface area contributed by atoms with Crippen LogP contribution in [-0.2, 0) is 12.8 Å². The van der Waals surface area contributed by atoms with Gasteiger partial charge in [-0.05, 0) is 262 Å². The molecule has 8 aromatic heterocycles. The highest BCUT2D eigenvalue weighted by Gasteiger charge is 2.58. The number of rotatable bonds is 22. The number of nitriles is 2. The molecule has 2 amide bonds. The zero-order chi connectivity index (χ0) is 87.3. The number of thiophene rings is 2. The number of hydrogen-bond donors (Lipinski definition) is 2. The number of anilines is 2. The molecule has 9 aliphatic rings. The van der Waals surface area contributed by atoms with Crippen LogP contribution in [0, 0.1) is 99.2 Å². The summed E-state index contributed by atoms with van der Waals surface area (Å²) in [4.78, 5) is 56.1. The van der Waals surface area contributed by atoms with Gasteiger partial charge in [0.1, 0.15) is 69.9 Å². The van der Waals surface area contributed by atoms with E-state index in [0.29, 0.717) is 86.9 Å². The molecule has 1 spiro atoms. The second kappa shape index (κ2) is 34.3. The monoisotopic (exact) mass is 1780 g/mol. The molecule has 5 aliphatic carbocycles. The second-order valence-corrected chi connectivity index (χ2v) is 40.2. The van der Waals surface area contributed by atoms with Gasteiger partial charge in [0.15, 0.2) is 46.5 Å². The average Bonchev–Trinajstić information content (AvgIpc) is 1.51. The fourth-order valence-corrected chi connectivity index (χ4v) is 24.8. The van der Waals surface area contributed by atoms with E-state index >= 15 is 0 Å². The molecular weight excluding hydrogens is 1690 g/mol. The first-order chi connectivity index (χ1) is 62.3. The number of carbonyl (C=O) groups excluding carboxylic acids is 2. The number of oxazole rings is 2. The number of aromatic nitrogens is 12. The summed E-state index contributed by atoms with van der Waals surface area (Å²) in [5, 5.41) is 66.4. The molecule has 128 heavy (non-hydrogen) atoms. The fraction of sp³-hybridized carbons (Fsp3) is 0.429. The van der Waals surface area contributed by atoms with Crippen LogP contribution in [-0.4, -0.2) is 133 Å². The summed E-state index contributed by atoms with van der Waals surface area (Å²) < 4.78 is 28.6. The van der Waals surface area contributed by atoms with Crippen molar-refractivity contribution in [1.82, 2.24) is 70.5 Å². The fourth-order valence-electron chi connectivity index (χ4n) is 21.9. The average molecular weight is 1790 g/mol. The van der Waals surface area contributed by atoms with Crippen molar-refractivity contribution in [3.05, 3.63) is 256 Å². The third kappa shape index (κ3) is 16.3. The molecule has 4 aliphatic heterocycles. The lowest BCUT2D eigenvalue weighted by molar-refractivity contribution is -0.00763. The number of benzene rings is 4. The highest BCUT2D eigenvalue weighted by atomic mass is 35.5. The van der Waals surface area contributed by atoms with E-state index in [0.717, 1.165) is 195 Å². The predicted molar refractivity (Wildman–Crippen MR) is 487 cm³/mol. The van der Waals surface area contributed by atoms with Gasteiger partial charge >= 0.3 is 0 Å². The van der Waals surface area contributed by atoms with Gasteiger partial charge in [0.05, 0.1) is 70.0 Å². The number of amides is 2. The first-order valence-corrected chi connectivity index (χ1v) is 47.4. The molecule has 4 unspecified atom stereocenters. The molecule has 0 radical (unpaired) electrons. The van der Waals surface area contributed by atoms with Gasteiger partial charge in [0, 0.05) is 81.9 Å². The van der Waals surface area contributed by atoms with Gasteiger partial charge in [-0.2, -0.15) is 10.5 Å². The molecule has 12 heterocycles. The third-order valence-electron chi connectivity index (χ3n) is 29.0. The minimum atomic E-state index is -0.377. The third-order valence-corrected chi connectivity index (χ3v) is 32.0. The van der Waals surface area contributed by atoms with Crippen LogP contribution in [0.25, 0.3) is 10.0 Å². The zero-order valence-corrected chi connectivity index (χ0v) is 75.4. The number of hydrogen-bond acceptors (Lipinski definition) is 24. The Morgan fingerprint density at radius 1 is 0.555 bits per heavy atom. The second-order valence-electron chi connectivity index (χ2n) is 37.0. The lowest BCUT2D eigenvalue weighted by atomic mass is 9.54. The number of aryl methyl sites for hydroxylation is 4. The molecule has 5 saturated carbocycles. The van der Waals surface area contributed by atoms with Crippen LogP contribution in [0.1, 0.15) is 248 Å². The Morgan fingerprint density at radius 2 is 1.06 bits per heavy atom. The molecule has 21 rings (SSSR count). The summed E-state index contributed by atoms with van der Waals surface area (Å²) in [6.45, 7) is 15.1. The Balaban J connectivity index is 0.550. The molecule has 4 aromatic carbocycles. The Kier molecular flexibility index (Phi) is 22.3. The van der Waals surface area contributed by atoms with Gasteiger partial charge in [0.25, 0.3) is 11.8 Å². The van der Waals surface area contributed by atoms with Gasteiger partial charge in [-0.15, -0.1) is 63.5 Å². The van der Waals surface area contributed by atoms with Gasteiger partial charge in [-0.1, -0.05) is 71.7 Å². The summed E-state index contributed by atoms with van der Waals surface area (Å²) in [6, 6.07) is 40.0. The molecule has 0 bridgehead atoms. The number of carbonyl (C=O) groups is 2. The van der Waals surface area contributed by atoms with Crippen LogP contribution in [0.5, 0.6) is 11.5 Å². The predicted octanol–water partition coefficient (Wildman–Crippen LogP) is 18.4. The van der Waals surface area contributed by atoms with Crippen LogP contribution in [0.2, 0.25) is 10.0 Å². The van der Waals surface area contributed by atoms with Gasteiger partial charge in [-0.25, -0.2) is 9.97 Å². The van der Waals surface area contributed by atoms with E-state index in [1.165, 1.54) is 38.4 Å². The van der Waals surface area contributed by atoms with Gasteiger partial charge in [-0.3, -0.25) is 28.7 Å². The molecule has 7 fully saturated rings. The maximum atomic E-state index is 14.3. The summed E-state index contributed by atoms with van der Waals surface area (Å²) in [6.07, 6.45) is 21.9. The van der Waals surface area contributed by atoms with Crippen molar-refractivity contribution in [2.75, 3.05) is 29.4 Å². The lowest BCUT2D eigenvalue weighted by Gasteiger charge is -2.58. The Labute approximate surface area is 760 Å². The van der Waals surface area contributed by atoms with E-state index in [1.807, 2.05) is 38.1 Å². The smallest absolute Gasteiger partial charge is 0.272 e. The maximum Gasteiger partial charge on any atom is 0.272 e. The highest BCUT2D eigenvalue weighted by Crippen LogP contribution is 2.66. The summed E-state index contributed by atoms with van der Waals surface area (Å²) in [5.41, 5.74) is 12.8. The number of halogens is 2. The van der Waals surface area contributed by atoms with Crippen LogP contribution < -0.4 is 29.9 Å². The van der Waals surface area contributed by atoms with Crippen molar-refractivity contribution in [3.8, 4) is 33.6 Å². The number of nitrogens with zero attached hydrogens (tertiary/aromatic N) is 18. The van der Waals surface area contributed by atoms with Crippen molar-refractivity contribution >= 4 is 80.7 Å².